The third-order valence-electron chi connectivity index (χ3n) is 4.49. The average Bonchev–Trinajstić information content (AvgIpc) is 2.86. The first-order chi connectivity index (χ1) is 12.3. The van der Waals surface area contributed by atoms with Crippen LogP contribution in [0.25, 0.3) is 10.9 Å². The Bertz CT molecular complexity index is 1010. The molecule has 3 rings (SSSR count). The first kappa shape index (κ1) is 17.9. The minimum atomic E-state index is -0.492. The van der Waals surface area contributed by atoms with Gasteiger partial charge in [-0.05, 0) is 55.5 Å². The molecule has 0 fully saturated rings. The van der Waals surface area contributed by atoms with Crippen LogP contribution in [0.15, 0.2) is 29.1 Å². The summed E-state index contributed by atoms with van der Waals surface area (Å²) in [5, 5.41) is 4.00. The van der Waals surface area contributed by atoms with Gasteiger partial charge in [-0.15, -0.1) is 0 Å². The summed E-state index contributed by atoms with van der Waals surface area (Å²) in [4.78, 5) is 33.9. The predicted octanol–water partition coefficient (Wildman–Crippen LogP) is 3.00. The molecule has 0 aliphatic carbocycles. The van der Waals surface area contributed by atoms with E-state index < -0.39 is 5.69 Å². The monoisotopic (exact) mass is 352 g/mol. The molecule has 0 atom stereocenters. The lowest BCUT2D eigenvalue weighted by molar-refractivity contribution is 0.0945. The van der Waals surface area contributed by atoms with Crippen LogP contribution in [0.1, 0.15) is 46.9 Å². The Balaban J connectivity index is 1.75. The van der Waals surface area contributed by atoms with E-state index in [4.69, 9.17) is 0 Å². The molecule has 2 aromatic heterocycles. The molecule has 0 radical (unpaired) electrons. The van der Waals surface area contributed by atoms with Crippen molar-refractivity contribution in [3.8, 4) is 0 Å². The smallest absolute Gasteiger partial charge is 0.345 e. The van der Waals surface area contributed by atoms with E-state index in [1.807, 2.05) is 19.1 Å². The predicted molar refractivity (Wildman–Crippen MR) is 102 cm³/mol. The van der Waals surface area contributed by atoms with Gasteiger partial charge < -0.3 is 15.3 Å². The molecule has 1 amide bonds. The Labute approximate surface area is 152 Å². The van der Waals surface area contributed by atoms with Gasteiger partial charge in [-0.3, -0.25) is 4.79 Å². The van der Waals surface area contributed by atoms with Gasteiger partial charge in [0.15, 0.2) is 0 Å². The average molecular weight is 352 g/mol. The van der Waals surface area contributed by atoms with E-state index in [0.717, 1.165) is 27.9 Å². The molecule has 2 heterocycles. The van der Waals surface area contributed by atoms with Crippen molar-refractivity contribution in [2.24, 2.45) is 5.92 Å². The zero-order valence-corrected chi connectivity index (χ0v) is 15.6. The second-order valence-corrected chi connectivity index (χ2v) is 7.13. The van der Waals surface area contributed by atoms with E-state index in [1.165, 1.54) is 5.56 Å². The van der Waals surface area contributed by atoms with Crippen LogP contribution >= 0.6 is 0 Å². The number of amides is 1. The molecular weight excluding hydrogens is 328 g/mol. The van der Waals surface area contributed by atoms with Gasteiger partial charge in [0, 0.05) is 28.8 Å². The minimum absolute atomic E-state index is 0.152. The van der Waals surface area contributed by atoms with Crippen LogP contribution in [0.3, 0.4) is 0 Å². The van der Waals surface area contributed by atoms with Gasteiger partial charge in [-0.25, -0.2) is 4.79 Å². The summed E-state index contributed by atoms with van der Waals surface area (Å²) in [6, 6.07) is 7.72. The first-order valence-electron chi connectivity index (χ1n) is 8.79. The minimum Gasteiger partial charge on any atom is -0.358 e. The Morgan fingerprint density at radius 1 is 1.19 bits per heavy atom. The molecule has 0 saturated heterocycles. The highest BCUT2D eigenvalue weighted by Crippen LogP contribution is 2.22. The highest BCUT2D eigenvalue weighted by molar-refractivity contribution is 5.92. The number of fused-ring (bicyclic) bond motifs is 1. The fourth-order valence-electron chi connectivity index (χ4n) is 3.07. The Hall–Kier alpha value is -2.89. The molecule has 26 heavy (non-hydrogen) atoms. The second-order valence-electron chi connectivity index (χ2n) is 7.13. The normalized spacial score (nSPS) is 11.3. The summed E-state index contributed by atoms with van der Waals surface area (Å²) in [7, 11) is 0. The number of rotatable bonds is 5. The number of carbonyl (C=O) groups excluding carboxylic acids is 1. The lowest BCUT2D eigenvalue weighted by atomic mass is 10.1. The number of carbonyl (C=O) groups is 1. The Kier molecular flexibility index (Phi) is 4.93. The van der Waals surface area contributed by atoms with Gasteiger partial charge in [-0.2, -0.15) is 4.98 Å². The van der Waals surface area contributed by atoms with E-state index >= 15 is 0 Å². The number of hydrogen-bond donors (Lipinski definition) is 3. The Morgan fingerprint density at radius 2 is 1.96 bits per heavy atom. The second kappa shape index (κ2) is 7.15. The molecule has 136 valence electrons. The summed E-state index contributed by atoms with van der Waals surface area (Å²) >= 11 is 0. The summed E-state index contributed by atoms with van der Waals surface area (Å²) in [6.07, 6.45) is 0.695. The number of aryl methyl sites for hydroxylation is 2. The standard InChI is InChI=1S/C20H24N4O2/c1-11(2)7-15-9-18(24-20(26)23-15)19(25)21-10-14-5-6-17-16(8-14)12(3)13(4)22-17/h5-6,8-9,11,22H,7,10H2,1-4H3,(H,21,25)(H,23,24,26). The molecule has 0 spiro atoms. The molecule has 1 aromatic carbocycles. The Morgan fingerprint density at radius 3 is 2.69 bits per heavy atom. The van der Waals surface area contributed by atoms with E-state index in [1.54, 1.807) is 6.07 Å². The molecule has 3 aromatic rings. The van der Waals surface area contributed by atoms with Gasteiger partial charge in [0.25, 0.3) is 5.91 Å². The van der Waals surface area contributed by atoms with Gasteiger partial charge in [0.1, 0.15) is 5.69 Å². The van der Waals surface area contributed by atoms with Crippen LogP contribution in [0.5, 0.6) is 0 Å². The van der Waals surface area contributed by atoms with Crippen LogP contribution in [0.2, 0.25) is 0 Å². The third-order valence-corrected chi connectivity index (χ3v) is 4.49. The molecular formula is C20H24N4O2. The van der Waals surface area contributed by atoms with E-state index in [0.29, 0.717) is 18.9 Å². The number of nitrogens with one attached hydrogen (secondary N) is 3. The number of benzene rings is 1. The summed E-state index contributed by atoms with van der Waals surface area (Å²) in [5.41, 5.74) is 4.83. The number of aromatic amines is 2. The lowest BCUT2D eigenvalue weighted by Gasteiger charge is -2.08. The van der Waals surface area contributed by atoms with Crippen molar-refractivity contribution in [3.05, 3.63) is 63.0 Å². The topological polar surface area (TPSA) is 90.6 Å². The van der Waals surface area contributed by atoms with Gasteiger partial charge >= 0.3 is 5.69 Å². The molecule has 0 saturated carbocycles. The van der Waals surface area contributed by atoms with E-state index in [-0.39, 0.29) is 11.6 Å². The highest BCUT2D eigenvalue weighted by Gasteiger charge is 2.11. The number of hydrogen-bond acceptors (Lipinski definition) is 3. The summed E-state index contributed by atoms with van der Waals surface area (Å²) in [5.74, 6) is 0.0342. The van der Waals surface area contributed by atoms with E-state index in [2.05, 4.69) is 47.1 Å². The SMILES string of the molecule is Cc1[nH]c2ccc(CNC(=O)c3cc(CC(C)C)[nH]c(=O)n3)cc2c1C. The lowest BCUT2D eigenvalue weighted by Crippen LogP contribution is -2.27. The molecule has 0 unspecified atom stereocenters. The highest BCUT2D eigenvalue weighted by atomic mass is 16.2. The quantitative estimate of drug-likeness (QED) is 0.659. The van der Waals surface area contributed by atoms with Crippen molar-refractivity contribution in [1.29, 1.82) is 0 Å². The first-order valence-corrected chi connectivity index (χ1v) is 8.79. The summed E-state index contributed by atoms with van der Waals surface area (Å²) < 4.78 is 0. The van der Waals surface area contributed by atoms with Gasteiger partial charge in [-0.1, -0.05) is 19.9 Å². The van der Waals surface area contributed by atoms with Crippen molar-refractivity contribution in [1.82, 2.24) is 20.3 Å². The van der Waals surface area contributed by atoms with Crippen molar-refractivity contribution < 1.29 is 4.79 Å². The fourth-order valence-corrected chi connectivity index (χ4v) is 3.07. The van der Waals surface area contributed by atoms with Crippen LogP contribution in [0, 0.1) is 19.8 Å². The fraction of sp³-hybridized carbons (Fsp3) is 0.350. The van der Waals surface area contributed by atoms with Gasteiger partial charge in [0.2, 0.25) is 0 Å². The molecule has 6 nitrogen and oxygen atoms in total. The van der Waals surface area contributed by atoms with Crippen LogP contribution in [-0.2, 0) is 13.0 Å². The van der Waals surface area contributed by atoms with Crippen molar-refractivity contribution in [2.75, 3.05) is 0 Å². The number of H-pyrrole nitrogens is 2. The molecule has 0 bridgehead atoms. The maximum Gasteiger partial charge on any atom is 0.345 e. The maximum absolute atomic E-state index is 12.4. The van der Waals surface area contributed by atoms with Crippen molar-refractivity contribution >= 4 is 16.8 Å². The van der Waals surface area contributed by atoms with E-state index in [9.17, 15) is 9.59 Å². The van der Waals surface area contributed by atoms with Crippen molar-refractivity contribution in [3.63, 3.8) is 0 Å². The van der Waals surface area contributed by atoms with Crippen molar-refractivity contribution in [2.45, 2.75) is 40.7 Å². The number of aromatic nitrogens is 3. The summed E-state index contributed by atoms with van der Waals surface area (Å²) in [6.45, 7) is 8.61. The molecule has 0 aliphatic heterocycles. The van der Waals surface area contributed by atoms with Crippen LogP contribution in [-0.4, -0.2) is 20.9 Å². The zero-order valence-electron chi connectivity index (χ0n) is 15.6. The van der Waals surface area contributed by atoms with Crippen LogP contribution < -0.4 is 11.0 Å². The largest absolute Gasteiger partial charge is 0.358 e. The van der Waals surface area contributed by atoms with Crippen LogP contribution in [0.4, 0.5) is 0 Å². The number of nitrogens with zero attached hydrogens (tertiary/aromatic N) is 1. The maximum atomic E-state index is 12.4. The zero-order chi connectivity index (χ0) is 18.8. The molecule has 3 N–H and O–H groups in total. The third kappa shape index (κ3) is 3.85. The van der Waals surface area contributed by atoms with Gasteiger partial charge in [0.05, 0.1) is 0 Å². The molecule has 0 aliphatic rings. The molecule has 6 heteroatoms.